The van der Waals surface area contributed by atoms with Gasteiger partial charge in [-0.3, -0.25) is 9.89 Å². The molecule has 0 bridgehead atoms. The Hall–Kier alpha value is -2.54. The third-order valence-electron chi connectivity index (χ3n) is 3.37. The number of aromatic nitrogens is 2. The maximum Gasteiger partial charge on any atom is 0.272 e. The van der Waals surface area contributed by atoms with Crippen molar-refractivity contribution in [2.75, 3.05) is 0 Å². The van der Waals surface area contributed by atoms with Crippen molar-refractivity contribution in [1.82, 2.24) is 15.5 Å². The zero-order valence-electron chi connectivity index (χ0n) is 12.1. The number of carbonyl (C=O) groups is 1. The monoisotopic (exact) mass is 333 g/mol. The molecule has 2 heterocycles. The molecule has 23 heavy (non-hydrogen) atoms. The van der Waals surface area contributed by atoms with E-state index in [1.54, 1.807) is 13.0 Å². The zero-order chi connectivity index (χ0) is 16.4. The van der Waals surface area contributed by atoms with Gasteiger partial charge in [0.15, 0.2) is 5.69 Å². The van der Waals surface area contributed by atoms with Gasteiger partial charge in [0.25, 0.3) is 5.91 Å². The molecule has 1 aromatic carbocycles. The van der Waals surface area contributed by atoms with Crippen LogP contribution in [-0.2, 0) is 0 Å². The van der Waals surface area contributed by atoms with E-state index >= 15 is 0 Å². The van der Waals surface area contributed by atoms with Crippen LogP contribution in [0.3, 0.4) is 0 Å². The first-order valence-electron chi connectivity index (χ1n) is 6.89. The summed E-state index contributed by atoms with van der Waals surface area (Å²) in [5, 5.41) is 11.3. The van der Waals surface area contributed by atoms with Crippen molar-refractivity contribution in [1.29, 1.82) is 0 Å². The highest BCUT2D eigenvalue weighted by molar-refractivity contribution is 7.13. The van der Waals surface area contributed by atoms with E-state index in [0.717, 1.165) is 22.7 Å². The van der Waals surface area contributed by atoms with Gasteiger partial charge < -0.3 is 5.32 Å². The number of hydrogen-bond acceptors (Lipinski definition) is 3. The first-order valence-corrected chi connectivity index (χ1v) is 7.77. The Morgan fingerprint density at radius 3 is 2.83 bits per heavy atom. The number of nitrogens with zero attached hydrogens (tertiary/aromatic N) is 1. The molecule has 0 radical (unpaired) electrons. The molecule has 4 nitrogen and oxygen atoms in total. The Bertz CT molecular complexity index is 830. The van der Waals surface area contributed by atoms with Crippen LogP contribution in [0.1, 0.15) is 29.0 Å². The number of nitrogens with one attached hydrogen (secondary N) is 2. The quantitative estimate of drug-likeness (QED) is 0.760. The van der Waals surface area contributed by atoms with Gasteiger partial charge in [-0.05, 0) is 30.5 Å². The number of aromatic amines is 1. The summed E-state index contributed by atoms with van der Waals surface area (Å²) in [7, 11) is 0. The molecule has 2 N–H and O–H groups in total. The summed E-state index contributed by atoms with van der Waals surface area (Å²) in [6, 6.07) is 8.11. The summed E-state index contributed by atoms with van der Waals surface area (Å²) in [5.41, 5.74) is 1.17. The Morgan fingerprint density at radius 2 is 2.13 bits per heavy atom. The molecule has 0 saturated heterocycles. The Morgan fingerprint density at radius 1 is 1.30 bits per heavy atom. The summed E-state index contributed by atoms with van der Waals surface area (Å²) < 4.78 is 26.7. The second-order valence-corrected chi connectivity index (χ2v) is 5.95. The Balaban J connectivity index is 1.74. The van der Waals surface area contributed by atoms with Crippen molar-refractivity contribution in [3.63, 3.8) is 0 Å². The molecule has 2 aromatic heterocycles. The molecule has 0 spiro atoms. The van der Waals surface area contributed by atoms with Gasteiger partial charge in [0, 0.05) is 11.6 Å². The van der Waals surface area contributed by atoms with Gasteiger partial charge in [0.2, 0.25) is 0 Å². The SMILES string of the molecule is CC(NC(=O)c1cc(-c2cccs2)[nH]n1)c1ccc(F)cc1F. The first kappa shape index (κ1) is 15.4. The predicted molar refractivity (Wildman–Crippen MR) is 84.1 cm³/mol. The third-order valence-corrected chi connectivity index (χ3v) is 4.28. The molecule has 3 rings (SSSR count). The maximum atomic E-state index is 13.7. The van der Waals surface area contributed by atoms with Crippen LogP contribution in [0.15, 0.2) is 41.8 Å². The van der Waals surface area contributed by atoms with E-state index in [4.69, 9.17) is 0 Å². The van der Waals surface area contributed by atoms with Crippen LogP contribution in [0.5, 0.6) is 0 Å². The number of halogens is 2. The average Bonchev–Trinajstić information content (AvgIpc) is 3.18. The van der Waals surface area contributed by atoms with E-state index in [0.29, 0.717) is 0 Å². The third kappa shape index (κ3) is 3.29. The fourth-order valence-corrected chi connectivity index (χ4v) is 2.89. The van der Waals surface area contributed by atoms with E-state index in [2.05, 4.69) is 15.5 Å². The number of benzene rings is 1. The van der Waals surface area contributed by atoms with Crippen molar-refractivity contribution < 1.29 is 13.6 Å². The van der Waals surface area contributed by atoms with Crippen molar-refractivity contribution in [2.45, 2.75) is 13.0 Å². The molecule has 0 fully saturated rings. The van der Waals surface area contributed by atoms with Crippen LogP contribution in [0.25, 0.3) is 10.6 Å². The topological polar surface area (TPSA) is 57.8 Å². The summed E-state index contributed by atoms with van der Waals surface area (Å²) >= 11 is 1.53. The fourth-order valence-electron chi connectivity index (χ4n) is 2.20. The van der Waals surface area contributed by atoms with Gasteiger partial charge in [-0.25, -0.2) is 8.78 Å². The number of amides is 1. The lowest BCUT2D eigenvalue weighted by Crippen LogP contribution is -2.27. The average molecular weight is 333 g/mol. The highest BCUT2D eigenvalue weighted by atomic mass is 32.1. The fraction of sp³-hybridized carbons (Fsp3) is 0.125. The van der Waals surface area contributed by atoms with Crippen molar-refractivity contribution >= 4 is 17.2 Å². The molecule has 0 saturated carbocycles. The van der Waals surface area contributed by atoms with Crippen LogP contribution in [0.4, 0.5) is 8.78 Å². The first-order chi connectivity index (χ1) is 11.0. The van der Waals surface area contributed by atoms with E-state index < -0.39 is 23.6 Å². The van der Waals surface area contributed by atoms with Crippen LogP contribution in [0, 0.1) is 11.6 Å². The molecule has 3 aromatic rings. The lowest BCUT2D eigenvalue weighted by molar-refractivity contribution is 0.0934. The maximum absolute atomic E-state index is 13.7. The van der Waals surface area contributed by atoms with Crippen LogP contribution in [-0.4, -0.2) is 16.1 Å². The standard InChI is InChI=1S/C16H13F2N3OS/c1-9(11-5-4-10(17)7-12(11)18)19-16(22)14-8-13(20-21-14)15-3-2-6-23-15/h2-9H,1H3,(H,19,22)(H,20,21). The van der Waals surface area contributed by atoms with Gasteiger partial charge in [-0.15, -0.1) is 11.3 Å². The molecule has 1 unspecified atom stereocenters. The summed E-state index contributed by atoms with van der Waals surface area (Å²) in [6.45, 7) is 1.63. The number of H-pyrrole nitrogens is 1. The second kappa shape index (κ2) is 6.29. The van der Waals surface area contributed by atoms with Gasteiger partial charge in [-0.2, -0.15) is 5.10 Å². The summed E-state index contributed by atoms with van der Waals surface area (Å²) in [5.74, 6) is -1.78. The second-order valence-electron chi connectivity index (χ2n) is 5.01. The summed E-state index contributed by atoms with van der Waals surface area (Å²) in [6.07, 6.45) is 0. The minimum atomic E-state index is -0.695. The molecular weight excluding hydrogens is 320 g/mol. The number of carbonyl (C=O) groups excluding carboxylic acids is 1. The minimum absolute atomic E-state index is 0.211. The molecule has 0 aliphatic heterocycles. The predicted octanol–water partition coefficient (Wildman–Crippen LogP) is 3.91. The van der Waals surface area contributed by atoms with E-state index in [9.17, 15) is 13.6 Å². The lowest BCUT2D eigenvalue weighted by Gasteiger charge is -2.14. The van der Waals surface area contributed by atoms with Gasteiger partial charge in [-0.1, -0.05) is 12.1 Å². The van der Waals surface area contributed by atoms with Crippen molar-refractivity contribution in [3.8, 4) is 10.6 Å². The highest BCUT2D eigenvalue weighted by Gasteiger charge is 2.17. The smallest absolute Gasteiger partial charge is 0.272 e. The van der Waals surface area contributed by atoms with E-state index in [-0.39, 0.29) is 11.3 Å². The van der Waals surface area contributed by atoms with E-state index in [1.807, 2.05) is 17.5 Å². The van der Waals surface area contributed by atoms with Crippen LogP contribution >= 0.6 is 11.3 Å². The Labute approximate surface area is 135 Å². The molecule has 1 amide bonds. The van der Waals surface area contributed by atoms with Gasteiger partial charge in [0.05, 0.1) is 16.6 Å². The number of rotatable bonds is 4. The molecule has 7 heteroatoms. The molecule has 1 atom stereocenters. The number of hydrogen-bond donors (Lipinski definition) is 2. The van der Waals surface area contributed by atoms with Gasteiger partial charge >= 0.3 is 0 Å². The van der Waals surface area contributed by atoms with Crippen LogP contribution < -0.4 is 5.32 Å². The normalized spacial score (nSPS) is 12.1. The van der Waals surface area contributed by atoms with Crippen molar-refractivity contribution in [3.05, 3.63) is 64.7 Å². The molecule has 118 valence electrons. The number of thiophene rings is 1. The summed E-state index contributed by atoms with van der Waals surface area (Å²) in [4.78, 5) is 13.2. The van der Waals surface area contributed by atoms with Gasteiger partial charge in [0.1, 0.15) is 11.6 Å². The largest absolute Gasteiger partial charge is 0.344 e. The lowest BCUT2D eigenvalue weighted by atomic mass is 10.1. The molecular formula is C16H13F2N3OS. The molecule has 0 aliphatic rings. The Kier molecular flexibility index (Phi) is 4.20. The minimum Gasteiger partial charge on any atom is -0.344 e. The van der Waals surface area contributed by atoms with Crippen LogP contribution in [0.2, 0.25) is 0 Å². The highest BCUT2D eigenvalue weighted by Crippen LogP contribution is 2.23. The zero-order valence-corrected chi connectivity index (χ0v) is 13.0. The van der Waals surface area contributed by atoms with E-state index in [1.165, 1.54) is 17.4 Å². The van der Waals surface area contributed by atoms with Crippen molar-refractivity contribution in [2.24, 2.45) is 0 Å². The molecule has 0 aliphatic carbocycles.